The van der Waals surface area contributed by atoms with Crippen LogP contribution in [-0.2, 0) is 16.1 Å². The normalized spacial score (nSPS) is 16.9. The van der Waals surface area contributed by atoms with E-state index in [1.807, 2.05) is 12.1 Å². The fourth-order valence-electron chi connectivity index (χ4n) is 3.94. The summed E-state index contributed by atoms with van der Waals surface area (Å²) >= 11 is 1.67. The smallest absolute Gasteiger partial charge is 0.254 e. The number of hydrogen-bond donors (Lipinski definition) is 3. The highest BCUT2D eigenvalue weighted by atomic mass is 32.1. The van der Waals surface area contributed by atoms with Crippen LogP contribution in [0.15, 0.2) is 52.9 Å². The Kier molecular flexibility index (Phi) is 5.06. The number of nitrogens with one attached hydrogen (secondary N) is 3. The third-order valence-corrected chi connectivity index (χ3v) is 6.50. The average Bonchev–Trinajstić information content (AvgIpc) is 3.20. The van der Waals surface area contributed by atoms with E-state index in [-0.39, 0.29) is 18.2 Å². The zero-order valence-electron chi connectivity index (χ0n) is 18.1. The lowest BCUT2D eigenvalue weighted by molar-refractivity contribution is -0.124. The van der Waals surface area contributed by atoms with E-state index in [9.17, 15) is 9.59 Å². The van der Waals surface area contributed by atoms with Gasteiger partial charge in [-0.2, -0.15) is 30.9 Å². The Bertz CT molecular complexity index is 1440. The minimum absolute atomic E-state index is 0.0545. The molecule has 4 aromatic rings. The van der Waals surface area contributed by atoms with Crippen molar-refractivity contribution in [3.63, 3.8) is 0 Å². The maximum absolute atomic E-state index is 12.0. The first-order valence-corrected chi connectivity index (χ1v) is 12.0. The van der Waals surface area contributed by atoms with Gasteiger partial charge in [-0.05, 0) is 52.4 Å². The highest BCUT2D eigenvalue weighted by molar-refractivity contribution is 7.08. The highest BCUT2D eigenvalue weighted by Crippen LogP contribution is 2.28. The molecule has 0 atom stereocenters. The molecule has 1 saturated heterocycles. The zero-order chi connectivity index (χ0) is 23.1. The molecular weight excluding hydrogens is 450 g/mol. The molecule has 1 aromatic carbocycles. The summed E-state index contributed by atoms with van der Waals surface area (Å²) in [6.45, 7) is 0.548. The Balaban J connectivity index is 1.34. The number of hydrogen-bond acceptors (Lipinski definition) is 8. The second-order valence-corrected chi connectivity index (χ2v) is 9.15. The van der Waals surface area contributed by atoms with E-state index in [0.29, 0.717) is 41.3 Å². The molecule has 2 fully saturated rings. The summed E-state index contributed by atoms with van der Waals surface area (Å²) in [5.74, 6) is 0.379. The number of benzene rings is 1. The van der Waals surface area contributed by atoms with Crippen LogP contribution in [0.5, 0.6) is 0 Å². The number of thiophene rings is 1. The second-order valence-electron chi connectivity index (χ2n) is 8.37. The molecule has 170 valence electrons. The lowest BCUT2D eigenvalue weighted by Gasteiger charge is -2.12. The van der Waals surface area contributed by atoms with Gasteiger partial charge >= 0.3 is 0 Å². The van der Waals surface area contributed by atoms with E-state index in [1.165, 1.54) is 11.1 Å². The number of amides is 2. The molecule has 1 aliphatic carbocycles. The summed E-state index contributed by atoms with van der Waals surface area (Å²) in [5.41, 5.74) is 5.10. The van der Waals surface area contributed by atoms with Crippen LogP contribution < -0.4 is 16.0 Å². The summed E-state index contributed by atoms with van der Waals surface area (Å²) in [6.07, 6.45) is 5.54. The van der Waals surface area contributed by atoms with Crippen molar-refractivity contribution in [2.45, 2.75) is 31.8 Å². The van der Waals surface area contributed by atoms with Gasteiger partial charge in [0.1, 0.15) is 0 Å². The van der Waals surface area contributed by atoms with Crippen LogP contribution in [0.4, 0.5) is 11.9 Å². The van der Waals surface area contributed by atoms with Crippen molar-refractivity contribution in [3.8, 4) is 11.1 Å². The standard InChI is InChI=1S/C24H21N7O2S/c32-20-10-16(22(33)28-20)9-17-12-26-31-21(17)29-23(30-24(31)27-18-5-6-18)25-11-14-3-1-2-4-19(14)15-7-8-34-13-15/h1-4,7-9,12-13,18H,5-6,10-11H2,(H,28,32,33)(H2,25,27,29,30)/b16-9+. The van der Waals surface area contributed by atoms with Crippen LogP contribution in [0.25, 0.3) is 22.9 Å². The van der Waals surface area contributed by atoms with Crippen LogP contribution in [0, 0.1) is 0 Å². The van der Waals surface area contributed by atoms with E-state index in [1.54, 1.807) is 28.1 Å². The Morgan fingerprint density at radius 1 is 1.18 bits per heavy atom. The van der Waals surface area contributed by atoms with Crippen LogP contribution in [0.2, 0.25) is 0 Å². The van der Waals surface area contributed by atoms with Crippen molar-refractivity contribution in [2.75, 3.05) is 10.6 Å². The van der Waals surface area contributed by atoms with Gasteiger partial charge in [0.05, 0.1) is 12.6 Å². The number of rotatable bonds is 7. The third-order valence-electron chi connectivity index (χ3n) is 5.82. The SMILES string of the molecule is O=C1C/C(=C\c2cnn3c(NC4CC4)nc(NCc4ccccc4-c4ccsc4)nc23)C(=O)N1. The Morgan fingerprint density at radius 3 is 2.82 bits per heavy atom. The number of nitrogens with zero attached hydrogens (tertiary/aromatic N) is 4. The van der Waals surface area contributed by atoms with E-state index >= 15 is 0 Å². The minimum atomic E-state index is -0.377. The number of carbonyl (C=O) groups is 2. The first-order chi connectivity index (χ1) is 16.6. The number of anilines is 2. The molecule has 1 saturated carbocycles. The molecule has 0 unspecified atom stereocenters. The Hall–Kier alpha value is -4.05. The van der Waals surface area contributed by atoms with Gasteiger partial charge in [0.25, 0.3) is 5.91 Å². The first-order valence-electron chi connectivity index (χ1n) is 11.1. The molecular formula is C24H21N7O2S. The summed E-state index contributed by atoms with van der Waals surface area (Å²) in [5, 5.41) is 17.7. The van der Waals surface area contributed by atoms with E-state index < -0.39 is 0 Å². The maximum atomic E-state index is 12.0. The van der Waals surface area contributed by atoms with Crippen molar-refractivity contribution in [1.29, 1.82) is 0 Å². The Labute approximate surface area is 198 Å². The summed E-state index contributed by atoms with van der Waals surface area (Å²) in [4.78, 5) is 33.0. The Morgan fingerprint density at radius 2 is 2.06 bits per heavy atom. The maximum Gasteiger partial charge on any atom is 0.254 e. The van der Waals surface area contributed by atoms with Gasteiger partial charge in [0.15, 0.2) is 5.65 Å². The molecule has 9 nitrogen and oxygen atoms in total. The van der Waals surface area contributed by atoms with Crippen molar-refractivity contribution in [3.05, 3.63) is 64.0 Å². The lowest BCUT2D eigenvalue weighted by atomic mass is 10.0. The molecule has 3 aromatic heterocycles. The molecule has 2 amide bonds. The van der Waals surface area contributed by atoms with Gasteiger partial charge < -0.3 is 10.6 Å². The molecule has 2 aliphatic rings. The molecule has 6 rings (SSSR count). The van der Waals surface area contributed by atoms with Crippen molar-refractivity contribution >= 4 is 46.8 Å². The topological polar surface area (TPSA) is 113 Å². The summed E-state index contributed by atoms with van der Waals surface area (Å²) < 4.78 is 1.64. The van der Waals surface area contributed by atoms with Crippen molar-refractivity contribution in [1.82, 2.24) is 24.9 Å². The van der Waals surface area contributed by atoms with Gasteiger partial charge in [0, 0.05) is 23.7 Å². The monoisotopic (exact) mass is 471 g/mol. The molecule has 0 spiro atoms. The highest BCUT2D eigenvalue weighted by Gasteiger charge is 2.26. The molecule has 1 aliphatic heterocycles. The van der Waals surface area contributed by atoms with Crippen LogP contribution in [0.1, 0.15) is 30.4 Å². The van der Waals surface area contributed by atoms with E-state index in [4.69, 9.17) is 4.98 Å². The summed E-state index contributed by atoms with van der Waals surface area (Å²) in [7, 11) is 0. The number of aromatic nitrogens is 4. The zero-order valence-corrected chi connectivity index (χ0v) is 18.9. The number of imide groups is 1. The number of carbonyl (C=O) groups excluding carboxylic acids is 2. The number of fused-ring (bicyclic) bond motifs is 1. The van der Waals surface area contributed by atoms with Gasteiger partial charge in [-0.1, -0.05) is 24.3 Å². The van der Waals surface area contributed by atoms with Gasteiger partial charge in [-0.3, -0.25) is 14.9 Å². The van der Waals surface area contributed by atoms with Crippen LogP contribution >= 0.6 is 11.3 Å². The predicted octanol–water partition coefficient (Wildman–Crippen LogP) is 3.47. The molecule has 0 radical (unpaired) electrons. The fourth-order valence-corrected chi connectivity index (χ4v) is 4.59. The second kappa shape index (κ2) is 8.38. The first kappa shape index (κ1) is 20.5. The largest absolute Gasteiger partial charge is 0.351 e. The van der Waals surface area contributed by atoms with E-state index in [2.05, 4.69) is 55.0 Å². The molecule has 4 heterocycles. The minimum Gasteiger partial charge on any atom is -0.351 e. The van der Waals surface area contributed by atoms with Crippen LogP contribution in [-0.4, -0.2) is 37.4 Å². The average molecular weight is 472 g/mol. The predicted molar refractivity (Wildman–Crippen MR) is 130 cm³/mol. The fraction of sp³-hybridized carbons (Fsp3) is 0.208. The lowest BCUT2D eigenvalue weighted by Crippen LogP contribution is -2.19. The molecule has 10 heteroatoms. The molecule has 34 heavy (non-hydrogen) atoms. The molecule has 3 N–H and O–H groups in total. The van der Waals surface area contributed by atoms with Gasteiger partial charge in [-0.15, -0.1) is 0 Å². The van der Waals surface area contributed by atoms with Gasteiger partial charge in [-0.25, -0.2) is 0 Å². The third kappa shape index (κ3) is 4.03. The molecule has 0 bridgehead atoms. The van der Waals surface area contributed by atoms with E-state index in [0.717, 1.165) is 18.4 Å². The van der Waals surface area contributed by atoms with Gasteiger partial charge in [0.2, 0.25) is 17.8 Å². The van der Waals surface area contributed by atoms with Crippen LogP contribution in [0.3, 0.4) is 0 Å². The van der Waals surface area contributed by atoms with Crippen molar-refractivity contribution in [2.24, 2.45) is 0 Å². The quantitative estimate of drug-likeness (QED) is 0.279. The van der Waals surface area contributed by atoms with Crippen molar-refractivity contribution < 1.29 is 9.59 Å². The summed E-state index contributed by atoms with van der Waals surface area (Å²) in [6, 6.07) is 10.7.